The highest BCUT2D eigenvalue weighted by atomic mass is 32.2. The Morgan fingerprint density at radius 2 is 2.50 bits per heavy atom. The van der Waals surface area contributed by atoms with Gasteiger partial charge in [-0.2, -0.15) is 5.26 Å². The molecule has 2 rings (SSSR count). The quantitative estimate of drug-likeness (QED) is 0.586. The number of nitrogens with one attached hydrogen (secondary N) is 1. The number of thioether (sulfide) groups is 1. The van der Waals surface area contributed by atoms with Crippen molar-refractivity contribution < 1.29 is 0 Å². The van der Waals surface area contributed by atoms with Crippen molar-refractivity contribution in [1.29, 1.82) is 5.26 Å². The Kier molecular flexibility index (Phi) is 2.99. The minimum absolute atomic E-state index is 0.191. The van der Waals surface area contributed by atoms with Crippen molar-refractivity contribution in [3.05, 3.63) is 22.6 Å². The van der Waals surface area contributed by atoms with Crippen molar-refractivity contribution >= 4 is 11.8 Å². The third-order valence-corrected chi connectivity index (χ3v) is 3.71. The van der Waals surface area contributed by atoms with E-state index in [0.29, 0.717) is 16.8 Å². The van der Waals surface area contributed by atoms with Crippen LogP contribution in [-0.4, -0.2) is 21.3 Å². The van der Waals surface area contributed by atoms with Crippen LogP contribution in [0, 0.1) is 17.2 Å². The minimum atomic E-state index is -0.793. The third kappa shape index (κ3) is 2.43. The van der Waals surface area contributed by atoms with Gasteiger partial charge in [-0.25, -0.2) is 4.98 Å². The Balaban J connectivity index is 2.01. The summed E-state index contributed by atoms with van der Waals surface area (Å²) in [6.07, 6.45) is 3.48. The molecule has 0 aliphatic heterocycles. The predicted octanol–water partition coefficient (Wildman–Crippen LogP) is 0.493. The normalized spacial score (nSPS) is 18.8. The minimum Gasteiger partial charge on any atom is -0.312 e. The summed E-state index contributed by atoms with van der Waals surface area (Å²) >= 11 is 1.32. The molecule has 16 heavy (non-hydrogen) atoms. The molecule has 0 saturated heterocycles. The monoisotopic (exact) mass is 236 g/mol. The molecule has 1 atom stereocenters. The van der Waals surface area contributed by atoms with Gasteiger partial charge in [0.15, 0.2) is 5.16 Å². The number of hydrogen-bond acceptors (Lipinski definition) is 5. The van der Waals surface area contributed by atoms with Gasteiger partial charge in [0.05, 0.1) is 6.07 Å². The fourth-order valence-electron chi connectivity index (χ4n) is 1.45. The van der Waals surface area contributed by atoms with Crippen LogP contribution < -0.4 is 11.3 Å². The van der Waals surface area contributed by atoms with Gasteiger partial charge in [-0.1, -0.05) is 11.8 Å². The van der Waals surface area contributed by atoms with Gasteiger partial charge in [0.2, 0.25) is 0 Å². The van der Waals surface area contributed by atoms with Gasteiger partial charge in [-0.3, -0.25) is 4.79 Å². The van der Waals surface area contributed by atoms with E-state index < -0.39 is 5.54 Å². The Morgan fingerprint density at radius 3 is 3.06 bits per heavy atom. The first-order valence-corrected chi connectivity index (χ1v) is 6.01. The van der Waals surface area contributed by atoms with Crippen LogP contribution in [-0.2, 0) is 0 Å². The van der Waals surface area contributed by atoms with E-state index in [4.69, 9.17) is 11.0 Å². The number of nitrogens with two attached hydrogens (primary N) is 1. The van der Waals surface area contributed by atoms with Crippen LogP contribution in [0.25, 0.3) is 0 Å². The van der Waals surface area contributed by atoms with E-state index in [1.165, 1.54) is 24.0 Å². The molecule has 84 valence electrons. The van der Waals surface area contributed by atoms with Gasteiger partial charge >= 0.3 is 0 Å². The summed E-state index contributed by atoms with van der Waals surface area (Å²) in [5.74, 6) is 0.752. The summed E-state index contributed by atoms with van der Waals surface area (Å²) in [4.78, 5) is 17.6. The predicted molar refractivity (Wildman–Crippen MR) is 60.8 cm³/mol. The number of H-pyrrole nitrogens is 1. The van der Waals surface area contributed by atoms with Gasteiger partial charge < -0.3 is 10.7 Å². The van der Waals surface area contributed by atoms with Crippen molar-refractivity contribution in [3.8, 4) is 6.07 Å². The average Bonchev–Trinajstić information content (AvgIpc) is 3.10. The highest BCUT2D eigenvalue weighted by Gasteiger charge is 2.42. The second-order valence-corrected chi connectivity index (χ2v) is 4.92. The molecule has 0 aromatic carbocycles. The van der Waals surface area contributed by atoms with E-state index in [9.17, 15) is 4.79 Å². The number of hydrogen-bond donors (Lipinski definition) is 2. The second-order valence-electron chi connectivity index (χ2n) is 3.95. The van der Waals surface area contributed by atoms with Crippen LogP contribution in [0.1, 0.15) is 12.8 Å². The van der Waals surface area contributed by atoms with Crippen molar-refractivity contribution in [3.63, 3.8) is 0 Å². The summed E-state index contributed by atoms with van der Waals surface area (Å²) in [5.41, 5.74) is 5.00. The van der Waals surface area contributed by atoms with Crippen LogP contribution >= 0.6 is 11.8 Å². The standard InChI is InChI=1S/C10H12N4OS/c11-5-10(12,7-1-2-7)6-16-9-13-4-3-8(15)14-9/h3-4,7H,1-2,6,12H2,(H,13,14,15). The second kappa shape index (κ2) is 4.28. The lowest BCUT2D eigenvalue weighted by Gasteiger charge is -2.19. The van der Waals surface area contributed by atoms with Gasteiger partial charge in [0, 0.05) is 18.0 Å². The van der Waals surface area contributed by atoms with Crippen molar-refractivity contribution in [2.75, 3.05) is 5.75 Å². The maximum Gasteiger partial charge on any atom is 0.251 e. The van der Waals surface area contributed by atoms with Crippen molar-refractivity contribution in [2.45, 2.75) is 23.5 Å². The molecular weight excluding hydrogens is 224 g/mol. The molecule has 1 unspecified atom stereocenters. The van der Waals surface area contributed by atoms with E-state index in [0.717, 1.165) is 12.8 Å². The van der Waals surface area contributed by atoms with Crippen LogP contribution in [0.15, 0.2) is 22.2 Å². The van der Waals surface area contributed by atoms with Gasteiger partial charge in [0.1, 0.15) is 5.54 Å². The van der Waals surface area contributed by atoms with Crippen LogP contribution in [0.5, 0.6) is 0 Å². The molecule has 3 N–H and O–H groups in total. The van der Waals surface area contributed by atoms with Gasteiger partial charge in [-0.15, -0.1) is 0 Å². The fourth-order valence-corrected chi connectivity index (χ4v) is 2.44. The number of rotatable bonds is 4. The number of nitrogens with zero attached hydrogens (tertiary/aromatic N) is 2. The molecule has 1 aromatic rings. The van der Waals surface area contributed by atoms with Crippen LogP contribution in [0.2, 0.25) is 0 Å². The maximum atomic E-state index is 11.0. The summed E-state index contributed by atoms with van der Waals surface area (Å²) < 4.78 is 0. The zero-order valence-electron chi connectivity index (χ0n) is 8.64. The topological polar surface area (TPSA) is 95.6 Å². The Bertz CT molecular complexity index is 476. The van der Waals surface area contributed by atoms with Crippen LogP contribution in [0.3, 0.4) is 0 Å². The molecule has 1 aliphatic rings. The van der Waals surface area contributed by atoms with E-state index >= 15 is 0 Å². The summed E-state index contributed by atoms with van der Waals surface area (Å²) in [5, 5.41) is 9.56. The zero-order valence-corrected chi connectivity index (χ0v) is 9.46. The summed E-state index contributed by atoms with van der Waals surface area (Å²) in [7, 11) is 0. The lowest BCUT2D eigenvalue weighted by molar-refractivity contribution is 0.532. The molecule has 1 saturated carbocycles. The lowest BCUT2D eigenvalue weighted by Crippen LogP contribution is -2.43. The lowest BCUT2D eigenvalue weighted by atomic mass is 10.00. The molecule has 0 spiro atoms. The van der Waals surface area contributed by atoms with Crippen molar-refractivity contribution in [1.82, 2.24) is 9.97 Å². The largest absolute Gasteiger partial charge is 0.312 e. The molecule has 1 fully saturated rings. The number of aromatic nitrogens is 2. The molecule has 5 nitrogen and oxygen atoms in total. The Labute approximate surface area is 97.1 Å². The highest BCUT2D eigenvalue weighted by molar-refractivity contribution is 7.99. The molecule has 1 aromatic heterocycles. The van der Waals surface area contributed by atoms with E-state index in [1.54, 1.807) is 0 Å². The number of aromatic amines is 1. The fraction of sp³-hybridized carbons (Fsp3) is 0.500. The average molecular weight is 236 g/mol. The first kappa shape index (κ1) is 11.2. The number of nitriles is 1. The first-order chi connectivity index (χ1) is 7.64. The van der Waals surface area contributed by atoms with E-state index in [-0.39, 0.29) is 5.56 Å². The van der Waals surface area contributed by atoms with E-state index in [1.807, 2.05) is 0 Å². The zero-order chi connectivity index (χ0) is 11.6. The Morgan fingerprint density at radius 1 is 1.75 bits per heavy atom. The highest BCUT2D eigenvalue weighted by Crippen LogP contribution is 2.40. The smallest absolute Gasteiger partial charge is 0.251 e. The Hall–Kier alpha value is -1.32. The summed E-state index contributed by atoms with van der Waals surface area (Å²) in [6, 6.07) is 3.51. The van der Waals surface area contributed by atoms with Crippen LogP contribution in [0.4, 0.5) is 0 Å². The molecule has 0 bridgehead atoms. The molecule has 1 aliphatic carbocycles. The summed E-state index contributed by atoms with van der Waals surface area (Å²) in [6.45, 7) is 0. The third-order valence-electron chi connectivity index (χ3n) is 2.61. The van der Waals surface area contributed by atoms with E-state index in [2.05, 4.69) is 16.0 Å². The van der Waals surface area contributed by atoms with Gasteiger partial charge in [-0.05, 0) is 18.8 Å². The van der Waals surface area contributed by atoms with Crippen molar-refractivity contribution in [2.24, 2.45) is 11.7 Å². The van der Waals surface area contributed by atoms with Gasteiger partial charge in [0.25, 0.3) is 5.56 Å². The molecule has 0 radical (unpaired) electrons. The molecular formula is C10H12N4OS. The molecule has 0 amide bonds. The SMILES string of the molecule is N#CC(N)(CSc1nccc(=O)[nH]1)C1CC1. The molecule has 6 heteroatoms. The maximum absolute atomic E-state index is 11.0. The molecule has 1 heterocycles. The first-order valence-electron chi connectivity index (χ1n) is 5.02.